The van der Waals surface area contributed by atoms with E-state index in [2.05, 4.69) is 47.2 Å². The van der Waals surface area contributed by atoms with Gasteiger partial charge in [0.05, 0.1) is 12.0 Å². The molecule has 0 radical (unpaired) electrons. The zero-order chi connectivity index (χ0) is 19.0. The normalized spacial score (nSPS) is 28.3. The summed E-state index contributed by atoms with van der Waals surface area (Å²) in [5.74, 6) is 0.117. The van der Waals surface area contributed by atoms with Crippen molar-refractivity contribution in [3.05, 3.63) is 36.0 Å². The van der Waals surface area contributed by atoms with Crippen molar-refractivity contribution < 1.29 is 9.53 Å². The Hall–Kier alpha value is -1.85. The summed E-state index contributed by atoms with van der Waals surface area (Å²) in [6.07, 6.45) is 7.89. The Morgan fingerprint density at radius 3 is 2.89 bits per heavy atom. The molecule has 5 nitrogen and oxygen atoms in total. The molecule has 3 unspecified atom stereocenters. The van der Waals surface area contributed by atoms with E-state index in [4.69, 9.17) is 4.74 Å². The molecule has 2 aromatic rings. The molecular formula is C22H31N3O2. The molecule has 1 amide bonds. The Kier molecular flexibility index (Phi) is 4.99. The van der Waals surface area contributed by atoms with Crippen LogP contribution in [0.5, 0.6) is 0 Å². The largest absolute Gasteiger partial charge is 0.375 e. The predicted molar refractivity (Wildman–Crippen MR) is 108 cm³/mol. The Morgan fingerprint density at radius 2 is 2.15 bits per heavy atom. The lowest BCUT2D eigenvalue weighted by molar-refractivity contribution is -0.123. The molecule has 2 fully saturated rings. The van der Waals surface area contributed by atoms with Gasteiger partial charge in [-0.25, -0.2) is 0 Å². The van der Waals surface area contributed by atoms with Gasteiger partial charge in [0, 0.05) is 42.8 Å². The number of likely N-dealkylation sites (N-methyl/N-ethyl adjacent to an activating group) is 1. The fraction of sp³-hybridized carbons (Fsp3) is 0.591. The standard InChI is InChI=1S/C22H31N3O2/c1-24(2)20-14-22(10-6-12-27-22)11-9-18(20)23-21(26)13-16-15-25(3)19-8-5-4-7-17(16)19/h4-5,7-8,15,18,20H,6,9-14H2,1-3H3,(H,23,26). The zero-order valence-corrected chi connectivity index (χ0v) is 16.7. The van der Waals surface area contributed by atoms with Gasteiger partial charge in [-0.15, -0.1) is 0 Å². The summed E-state index contributed by atoms with van der Waals surface area (Å²) in [7, 11) is 6.26. The van der Waals surface area contributed by atoms with Crippen molar-refractivity contribution in [3.8, 4) is 0 Å². The Bertz CT molecular complexity index is 820. The number of aromatic nitrogens is 1. The minimum absolute atomic E-state index is 0.0474. The van der Waals surface area contributed by atoms with E-state index in [0.717, 1.165) is 44.3 Å². The molecule has 146 valence electrons. The first-order valence-corrected chi connectivity index (χ1v) is 10.1. The number of carbonyl (C=O) groups is 1. The number of carbonyl (C=O) groups excluding carboxylic acids is 1. The highest BCUT2D eigenvalue weighted by molar-refractivity contribution is 5.89. The minimum Gasteiger partial charge on any atom is -0.375 e. The van der Waals surface area contributed by atoms with Crippen molar-refractivity contribution in [2.45, 2.75) is 56.2 Å². The lowest BCUT2D eigenvalue weighted by atomic mass is 9.77. The fourth-order valence-electron chi connectivity index (χ4n) is 5.06. The molecule has 2 heterocycles. The van der Waals surface area contributed by atoms with Crippen LogP contribution < -0.4 is 5.32 Å². The zero-order valence-electron chi connectivity index (χ0n) is 16.7. The van der Waals surface area contributed by atoms with Crippen molar-refractivity contribution in [1.29, 1.82) is 0 Å². The quantitative estimate of drug-likeness (QED) is 0.901. The molecule has 27 heavy (non-hydrogen) atoms. The topological polar surface area (TPSA) is 46.5 Å². The van der Waals surface area contributed by atoms with Crippen LogP contribution in [0, 0.1) is 0 Å². The van der Waals surface area contributed by atoms with Crippen LogP contribution in [0.25, 0.3) is 10.9 Å². The third kappa shape index (κ3) is 3.63. The fourth-order valence-corrected chi connectivity index (χ4v) is 5.06. The summed E-state index contributed by atoms with van der Waals surface area (Å²) in [6.45, 7) is 0.887. The first kappa shape index (κ1) is 18.5. The van der Waals surface area contributed by atoms with Crippen molar-refractivity contribution in [1.82, 2.24) is 14.8 Å². The average molecular weight is 370 g/mol. The van der Waals surface area contributed by atoms with Gasteiger partial charge in [-0.05, 0) is 57.8 Å². The third-order valence-corrected chi connectivity index (χ3v) is 6.48. The highest BCUT2D eigenvalue weighted by Gasteiger charge is 2.44. The van der Waals surface area contributed by atoms with Gasteiger partial charge in [0.1, 0.15) is 0 Å². The number of amides is 1. The highest BCUT2D eigenvalue weighted by atomic mass is 16.5. The molecular weight excluding hydrogens is 338 g/mol. The molecule has 1 saturated heterocycles. The summed E-state index contributed by atoms with van der Waals surface area (Å²) in [4.78, 5) is 15.1. The summed E-state index contributed by atoms with van der Waals surface area (Å²) in [5.41, 5.74) is 2.31. The molecule has 4 rings (SSSR count). The number of nitrogens with zero attached hydrogens (tertiary/aromatic N) is 2. The molecule has 1 N–H and O–H groups in total. The number of para-hydroxylation sites is 1. The second kappa shape index (κ2) is 7.28. The second-order valence-electron chi connectivity index (χ2n) is 8.54. The maximum Gasteiger partial charge on any atom is 0.224 e. The molecule has 3 atom stereocenters. The van der Waals surface area contributed by atoms with Crippen molar-refractivity contribution in [2.75, 3.05) is 20.7 Å². The first-order chi connectivity index (χ1) is 13.0. The first-order valence-electron chi connectivity index (χ1n) is 10.1. The van der Waals surface area contributed by atoms with Gasteiger partial charge < -0.3 is 19.5 Å². The number of benzene rings is 1. The van der Waals surface area contributed by atoms with Crippen molar-refractivity contribution in [3.63, 3.8) is 0 Å². The van der Waals surface area contributed by atoms with E-state index in [1.807, 2.05) is 19.2 Å². The summed E-state index contributed by atoms with van der Waals surface area (Å²) in [6, 6.07) is 8.79. The van der Waals surface area contributed by atoms with E-state index in [-0.39, 0.29) is 17.6 Å². The van der Waals surface area contributed by atoms with E-state index in [0.29, 0.717) is 12.5 Å². The molecule has 1 spiro atoms. The van der Waals surface area contributed by atoms with Gasteiger partial charge in [0.15, 0.2) is 0 Å². The Balaban J connectivity index is 1.45. The maximum atomic E-state index is 12.8. The SMILES string of the molecule is CN(C)C1CC2(CCCO2)CCC1NC(=O)Cc1cn(C)c2ccccc12. The molecule has 1 aliphatic heterocycles. The minimum atomic E-state index is 0.0474. The van der Waals surface area contributed by atoms with E-state index in [1.165, 1.54) is 10.9 Å². The highest BCUT2D eigenvalue weighted by Crippen LogP contribution is 2.40. The van der Waals surface area contributed by atoms with E-state index in [9.17, 15) is 4.79 Å². The number of hydrogen-bond acceptors (Lipinski definition) is 3. The van der Waals surface area contributed by atoms with Gasteiger partial charge in [-0.1, -0.05) is 18.2 Å². The van der Waals surface area contributed by atoms with Crippen LogP contribution in [0.2, 0.25) is 0 Å². The van der Waals surface area contributed by atoms with Crippen LogP contribution in [0.4, 0.5) is 0 Å². The Morgan fingerprint density at radius 1 is 1.33 bits per heavy atom. The lowest BCUT2D eigenvalue weighted by Crippen LogP contribution is -2.56. The number of ether oxygens (including phenoxy) is 1. The molecule has 1 aromatic heterocycles. The molecule has 1 aromatic carbocycles. The third-order valence-electron chi connectivity index (χ3n) is 6.48. The van der Waals surface area contributed by atoms with Crippen LogP contribution in [0.1, 0.15) is 37.7 Å². The van der Waals surface area contributed by atoms with Crippen LogP contribution in [0.3, 0.4) is 0 Å². The predicted octanol–water partition coefficient (Wildman–Crippen LogP) is 2.87. The maximum absolute atomic E-state index is 12.8. The second-order valence-corrected chi connectivity index (χ2v) is 8.54. The van der Waals surface area contributed by atoms with Crippen LogP contribution in [0.15, 0.2) is 30.5 Å². The summed E-state index contributed by atoms with van der Waals surface area (Å²) < 4.78 is 8.22. The van der Waals surface area contributed by atoms with Gasteiger partial charge in [-0.2, -0.15) is 0 Å². The average Bonchev–Trinajstić information content (AvgIpc) is 3.22. The molecule has 2 aliphatic rings. The monoisotopic (exact) mass is 369 g/mol. The molecule has 0 bridgehead atoms. The summed E-state index contributed by atoms with van der Waals surface area (Å²) >= 11 is 0. The van der Waals surface area contributed by atoms with E-state index < -0.39 is 0 Å². The number of aryl methyl sites for hydroxylation is 1. The van der Waals surface area contributed by atoms with Crippen LogP contribution in [-0.2, 0) is 23.0 Å². The van der Waals surface area contributed by atoms with Crippen LogP contribution >= 0.6 is 0 Å². The molecule has 1 saturated carbocycles. The molecule has 5 heteroatoms. The van der Waals surface area contributed by atoms with Gasteiger partial charge >= 0.3 is 0 Å². The van der Waals surface area contributed by atoms with Crippen molar-refractivity contribution in [2.24, 2.45) is 7.05 Å². The van der Waals surface area contributed by atoms with E-state index in [1.54, 1.807) is 0 Å². The summed E-state index contributed by atoms with van der Waals surface area (Å²) in [5, 5.41) is 4.50. The van der Waals surface area contributed by atoms with Crippen molar-refractivity contribution >= 4 is 16.8 Å². The van der Waals surface area contributed by atoms with Gasteiger partial charge in [-0.3, -0.25) is 4.79 Å². The Labute approximate surface area is 161 Å². The lowest BCUT2D eigenvalue weighted by Gasteiger charge is -2.45. The number of fused-ring (bicyclic) bond motifs is 1. The molecule has 1 aliphatic carbocycles. The van der Waals surface area contributed by atoms with Gasteiger partial charge in [0.2, 0.25) is 5.91 Å². The number of rotatable bonds is 4. The van der Waals surface area contributed by atoms with E-state index >= 15 is 0 Å². The number of hydrogen-bond donors (Lipinski definition) is 1. The van der Waals surface area contributed by atoms with Gasteiger partial charge in [0.25, 0.3) is 0 Å². The van der Waals surface area contributed by atoms with Crippen LogP contribution in [-0.4, -0.2) is 53.8 Å². The number of nitrogens with one attached hydrogen (secondary N) is 1. The smallest absolute Gasteiger partial charge is 0.224 e.